The molecule has 1 heterocycles. The van der Waals surface area contributed by atoms with Gasteiger partial charge in [0.2, 0.25) is 0 Å². The number of nitrogens with one attached hydrogen (secondary N) is 1. The van der Waals surface area contributed by atoms with E-state index in [1.807, 2.05) is 11.3 Å². The van der Waals surface area contributed by atoms with Gasteiger partial charge in [0.05, 0.1) is 0 Å². The van der Waals surface area contributed by atoms with Gasteiger partial charge in [0.25, 0.3) is 0 Å². The maximum atomic E-state index is 4.00. The first-order valence-corrected chi connectivity index (χ1v) is 9.53. The predicted molar refractivity (Wildman–Crippen MR) is 89.0 cm³/mol. The topological polar surface area (TPSA) is 12.0 Å². The Hall–Kier alpha value is 0.140. The summed E-state index contributed by atoms with van der Waals surface area (Å²) in [6, 6.07) is 2.27. The molecule has 0 saturated heterocycles. The fraction of sp³-hybridized carbons (Fsp3) is 0.765. The molecule has 4 aliphatic rings. The number of hydrogen-bond acceptors (Lipinski definition) is 2. The van der Waals surface area contributed by atoms with Crippen molar-refractivity contribution < 1.29 is 0 Å². The fourth-order valence-electron chi connectivity index (χ4n) is 6.37. The van der Waals surface area contributed by atoms with E-state index in [-0.39, 0.29) is 0 Å². The second kappa shape index (κ2) is 4.33. The lowest BCUT2D eigenvalue weighted by Crippen LogP contribution is -2.63. The summed E-state index contributed by atoms with van der Waals surface area (Å²) in [6.07, 6.45) is 8.65. The third kappa shape index (κ3) is 2.30. The van der Waals surface area contributed by atoms with E-state index in [1.165, 1.54) is 47.9 Å². The van der Waals surface area contributed by atoms with Crippen molar-refractivity contribution in [2.45, 2.75) is 64.5 Å². The van der Waals surface area contributed by atoms with Crippen LogP contribution in [0.2, 0.25) is 0 Å². The van der Waals surface area contributed by atoms with E-state index in [2.05, 4.69) is 46.5 Å². The third-order valence-corrected chi connectivity index (χ3v) is 7.58. The smallest absolute Gasteiger partial charge is 0.0305 e. The maximum absolute atomic E-state index is 4.00. The number of hydrogen-bond donors (Lipinski definition) is 1. The van der Waals surface area contributed by atoms with Crippen molar-refractivity contribution >= 4 is 27.3 Å². The number of thiophene rings is 1. The second-order valence-corrected chi connectivity index (χ2v) is 10.4. The average Bonchev–Trinajstić information content (AvgIpc) is 2.68. The van der Waals surface area contributed by atoms with Crippen LogP contribution in [-0.4, -0.2) is 5.54 Å². The van der Waals surface area contributed by atoms with Crippen molar-refractivity contribution in [3.8, 4) is 0 Å². The van der Waals surface area contributed by atoms with Gasteiger partial charge < -0.3 is 5.32 Å². The van der Waals surface area contributed by atoms with Crippen molar-refractivity contribution in [1.29, 1.82) is 0 Å². The molecule has 0 radical (unpaired) electrons. The van der Waals surface area contributed by atoms with Crippen molar-refractivity contribution in [3.63, 3.8) is 0 Å². The molecule has 4 bridgehead atoms. The molecule has 0 spiro atoms. The molecule has 20 heavy (non-hydrogen) atoms. The highest BCUT2D eigenvalue weighted by molar-refractivity contribution is 9.10. The van der Waals surface area contributed by atoms with Crippen LogP contribution in [-0.2, 0) is 6.54 Å². The molecular formula is C17H24BrNS. The summed E-state index contributed by atoms with van der Waals surface area (Å²) in [5, 5.41) is 6.19. The van der Waals surface area contributed by atoms with Crippen molar-refractivity contribution in [1.82, 2.24) is 5.32 Å². The van der Waals surface area contributed by atoms with Crippen molar-refractivity contribution in [2.75, 3.05) is 0 Å². The molecule has 1 aromatic rings. The molecule has 4 fully saturated rings. The van der Waals surface area contributed by atoms with Gasteiger partial charge in [-0.1, -0.05) is 13.8 Å². The van der Waals surface area contributed by atoms with Crippen LogP contribution in [0.25, 0.3) is 0 Å². The molecule has 4 aliphatic carbocycles. The van der Waals surface area contributed by atoms with Crippen LogP contribution < -0.4 is 5.32 Å². The summed E-state index contributed by atoms with van der Waals surface area (Å²) >= 11 is 5.43. The van der Waals surface area contributed by atoms with Gasteiger partial charge in [0.15, 0.2) is 0 Å². The van der Waals surface area contributed by atoms with Crippen molar-refractivity contribution in [2.24, 2.45) is 16.7 Å². The molecule has 4 saturated carbocycles. The molecular weight excluding hydrogens is 330 g/mol. The molecule has 1 nitrogen and oxygen atoms in total. The Morgan fingerprint density at radius 1 is 1.20 bits per heavy atom. The van der Waals surface area contributed by atoms with Gasteiger partial charge in [-0.25, -0.2) is 0 Å². The lowest BCUT2D eigenvalue weighted by atomic mass is 9.43. The first kappa shape index (κ1) is 13.8. The van der Waals surface area contributed by atoms with Crippen LogP contribution in [0.15, 0.2) is 15.9 Å². The van der Waals surface area contributed by atoms with Crippen LogP contribution in [0, 0.1) is 16.7 Å². The number of rotatable bonds is 3. The van der Waals surface area contributed by atoms with Crippen LogP contribution >= 0.6 is 27.3 Å². The van der Waals surface area contributed by atoms with Gasteiger partial charge in [-0.15, -0.1) is 11.3 Å². The van der Waals surface area contributed by atoms with E-state index in [0.717, 1.165) is 12.5 Å². The quantitative estimate of drug-likeness (QED) is 0.772. The first-order chi connectivity index (χ1) is 9.38. The van der Waals surface area contributed by atoms with Crippen LogP contribution in [0.3, 0.4) is 0 Å². The molecule has 1 aromatic heterocycles. The van der Waals surface area contributed by atoms with Crippen LogP contribution in [0.5, 0.6) is 0 Å². The minimum Gasteiger partial charge on any atom is -0.306 e. The Bertz CT molecular complexity index is 519. The Morgan fingerprint density at radius 2 is 1.90 bits per heavy atom. The largest absolute Gasteiger partial charge is 0.306 e. The summed E-state index contributed by atoms with van der Waals surface area (Å²) in [7, 11) is 0. The van der Waals surface area contributed by atoms with E-state index >= 15 is 0 Å². The monoisotopic (exact) mass is 353 g/mol. The SMILES string of the molecule is CC12CC3CC(C)(C1)CC(NCc1cc(Br)cs1)(C3)C2. The third-order valence-electron chi connectivity index (χ3n) is 5.89. The minimum absolute atomic E-state index is 0.430. The predicted octanol–water partition coefficient (Wildman–Crippen LogP) is 5.35. The van der Waals surface area contributed by atoms with E-state index in [9.17, 15) is 0 Å². The molecule has 2 unspecified atom stereocenters. The summed E-state index contributed by atoms with van der Waals surface area (Å²) in [5.74, 6) is 0.976. The standard InChI is InChI=1S/C17H24BrNS/c1-15-4-12-5-16(2,9-15)11-17(6-12,10-15)19-7-14-3-13(18)8-20-14/h3,8,12,19H,4-7,9-11H2,1-2H3. The highest BCUT2D eigenvalue weighted by atomic mass is 79.9. The molecule has 3 heteroatoms. The Morgan fingerprint density at radius 3 is 2.45 bits per heavy atom. The molecule has 110 valence electrons. The Kier molecular flexibility index (Phi) is 2.98. The van der Waals surface area contributed by atoms with Gasteiger partial charge in [-0.3, -0.25) is 0 Å². The average molecular weight is 354 g/mol. The molecule has 5 rings (SSSR count). The highest BCUT2D eigenvalue weighted by Gasteiger charge is 2.59. The van der Waals surface area contributed by atoms with Gasteiger partial charge in [-0.2, -0.15) is 0 Å². The Balaban J connectivity index is 1.55. The van der Waals surface area contributed by atoms with Crippen LogP contribution in [0.4, 0.5) is 0 Å². The fourth-order valence-corrected chi connectivity index (χ4v) is 7.76. The van der Waals surface area contributed by atoms with E-state index in [4.69, 9.17) is 0 Å². The minimum atomic E-state index is 0.430. The lowest BCUT2D eigenvalue weighted by Gasteiger charge is -2.65. The molecule has 0 amide bonds. The van der Waals surface area contributed by atoms with Gasteiger partial charge in [0, 0.05) is 26.8 Å². The first-order valence-electron chi connectivity index (χ1n) is 7.86. The van der Waals surface area contributed by atoms with Crippen molar-refractivity contribution in [3.05, 3.63) is 20.8 Å². The zero-order valence-corrected chi connectivity index (χ0v) is 14.9. The molecule has 2 atom stereocenters. The maximum Gasteiger partial charge on any atom is 0.0305 e. The lowest BCUT2D eigenvalue weighted by molar-refractivity contribution is -0.118. The summed E-state index contributed by atoms with van der Waals surface area (Å²) in [4.78, 5) is 1.46. The normalized spacial score (nSPS) is 46.0. The molecule has 0 aliphatic heterocycles. The van der Waals surface area contributed by atoms with E-state index in [0.29, 0.717) is 16.4 Å². The summed E-state index contributed by atoms with van der Waals surface area (Å²) in [5.41, 5.74) is 1.65. The summed E-state index contributed by atoms with van der Waals surface area (Å²) in [6.45, 7) is 6.15. The zero-order chi connectivity index (χ0) is 14.0. The second-order valence-electron chi connectivity index (χ2n) is 8.50. The summed E-state index contributed by atoms with van der Waals surface area (Å²) < 4.78 is 1.23. The number of halogens is 1. The van der Waals surface area contributed by atoms with Crippen LogP contribution in [0.1, 0.15) is 57.2 Å². The molecule has 1 N–H and O–H groups in total. The zero-order valence-electron chi connectivity index (χ0n) is 12.5. The highest BCUT2D eigenvalue weighted by Crippen LogP contribution is 2.66. The van der Waals surface area contributed by atoms with E-state index in [1.54, 1.807) is 0 Å². The van der Waals surface area contributed by atoms with Gasteiger partial charge in [0.1, 0.15) is 0 Å². The molecule has 0 aromatic carbocycles. The van der Waals surface area contributed by atoms with Gasteiger partial charge >= 0.3 is 0 Å². The Labute approximate surface area is 134 Å². The van der Waals surface area contributed by atoms with E-state index < -0.39 is 0 Å². The van der Waals surface area contributed by atoms with Gasteiger partial charge in [-0.05, 0) is 77.3 Å².